The molecule has 0 saturated carbocycles. The van der Waals surface area contributed by atoms with Crippen LogP contribution in [0.1, 0.15) is 22.5 Å². The van der Waals surface area contributed by atoms with Crippen LogP contribution in [0.15, 0.2) is 64.7 Å². The van der Waals surface area contributed by atoms with Crippen LogP contribution in [0.5, 0.6) is 0 Å². The largest absolute Gasteiger partial charge is 0.457 e. The van der Waals surface area contributed by atoms with Crippen molar-refractivity contribution in [2.75, 3.05) is 0 Å². The second-order valence-electron chi connectivity index (χ2n) is 7.33. The molecule has 1 aromatic heterocycles. The molecule has 1 N–H and O–H groups in total. The molecule has 1 saturated heterocycles. The molecule has 8 heteroatoms. The van der Waals surface area contributed by atoms with Crippen LogP contribution in [0.25, 0.3) is 17.4 Å². The average Bonchev–Trinajstić information content (AvgIpc) is 3.30. The lowest BCUT2D eigenvalue weighted by Gasteiger charge is -2.11. The molecule has 0 radical (unpaired) electrons. The molecule has 0 spiro atoms. The summed E-state index contributed by atoms with van der Waals surface area (Å²) in [5, 5.41) is 13.7. The van der Waals surface area contributed by atoms with Crippen LogP contribution >= 0.6 is 0 Å². The number of benzene rings is 2. The topological polar surface area (TPSA) is 106 Å². The van der Waals surface area contributed by atoms with Crippen LogP contribution in [0.3, 0.4) is 0 Å². The van der Waals surface area contributed by atoms with Gasteiger partial charge in [-0.3, -0.25) is 19.8 Å². The number of aryl methyl sites for hydroxylation is 2. The van der Waals surface area contributed by atoms with E-state index in [9.17, 15) is 19.7 Å². The van der Waals surface area contributed by atoms with E-state index in [0.717, 1.165) is 16.0 Å². The van der Waals surface area contributed by atoms with Gasteiger partial charge in [0.25, 0.3) is 11.6 Å². The summed E-state index contributed by atoms with van der Waals surface area (Å²) in [4.78, 5) is 36.8. The summed E-state index contributed by atoms with van der Waals surface area (Å²) in [6.45, 7) is 3.79. The van der Waals surface area contributed by atoms with Gasteiger partial charge in [-0.05, 0) is 31.5 Å². The van der Waals surface area contributed by atoms with Gasteiger partial charge in [-0.15, -0.1) is 0 Å². The second-order valence-corrected chi connectivity index (χ2v) is 7.33. The highest BCUT2D eigenvalue weighted by Gasteiger charge is 2.33. The highest BCUT2D eigenvalue weighted by Crippen LogP contribution is 2.29. The van der Waals surface area contributed by atoms with E-state index >= 15 is 0 Å². The van der Waals surface area contributed by atoms with Gasteiger partial charge in [-0.1, -0.05) is 42.0 Å². The zero-order valence-corrected chi connectivity index (χ0v) is 16.9. The zero-order valence-electron chi connectivity index (χ0n) is 16.9. The fourth-order valence-electron chi connectivity index (χ4n) is 3.28. The number of nitro groups is 1. The van der Waals surface area contributed by atoms with Crippen LogP contribution in [0.2, 0.25) is 0 Å². The van der Waals surface area contributed by atoms with Gasteiger partial charge in [-0.2, -0.15) is 0 Å². The summed E-state index contributed by atoms with van der Waals surface area (Å²) in [6.07, 6.45) is 1.45. The van der Waals surface area contributed by atoms with Crippen LogP contribution in [0, 0.1) is 24.0 Å². The number of hydrogen-bond donors (Lipinski definition) is 1. The van der Waals surface area contributed by atoms with E-state index in [-0.39, 0.29) is 17.9 Å². The minimum atomic E-state index is -0.502. The lowest BCUT2D eigenvalue weighted by molar-refractivity contribution is -0.385. The maximum atomic E-state index is 12.7. The van der Waals surface area contributed by atoms with Crippen molar-refractivity contribution in [3.63, 3.8) is 0 Å². The number of rotatable bonds is 5. The fourth-order valence-corrected chi connectivity index (χ4v) is 3.28. The van der Waals surface area contributed by atoms with Gasteiger partial charge in [0.1, 0.15) is 17.2 Å². The third-order valence-corrected chi connectivity index (χ3v) is 5.03. The van der Waals surface area contributed by atoms with Crippen molar-refractivity contribution in [2.24, 2.45) is 0 Å². The third kappa shape index (κ3) is 4.09. The Kier molecular flexibility index (Phi) is 5.12. The van der Waals surface area contributed by atoms with Crippen LogP contribution in [-0.2, 0) is 11.3 Å². The second kappa shape index (κ2) is 7.91. The van der Waals surface area contributed by atoms with Crippen molar-refractivity contribution in [3.8, 4) is 11.3 Å². The summed E-state index contributed by atoms with van der Waals surface area (Å²) < 4.78 is 5.74. The number of nitro benzene ring substituents is 1. The molecule has 1 aliphatic heterocycles. The summed E-state index contributed by atoms with van der Waals surface area (Å²) in [7, 11) is 0. The normalized spacial score (nSPS) is 14.9. The van der Waals surface area contributed by atoms with Crippen molar-refractivity contribution in [3.05, 3.63) is 92.9 Å². The Morgan fingerprint density at radius 2 is 1.81 bits per heavy atom. The molecule has 0 unspecified atom stereocenters. The number of amides is 3. The van der Waals surface area contributed by atoms with Gasteiger partial charge in [0.2, 0.25) is 0 Å². The number of carbonyl (C=O) groups excluding carboxylic acids is 2. The minimum Gasteiger partial charge on any atom is -0.457 e. The van der Waals surface area contributed by atoms with E-state index in [4.69, 9.17) is 4.42 Å². The first-order valence-electron chi connectivity index (χ1n) is 9.57. The van der Waals surface area contributed by atoms with Gasteiger partial charge < -0.3 is 9.73 Å². The Morgan fingerprint density at radius 3 is 2.52 bits per heavy atom. The van der Waals surface area contributed by atoms with Gasteiger partial charge in [0, 0.05) is 23.3 Å². The predicted octanol–water partition coefficient (Wildman–Crippen LogP) is 4.56. The van der Waals surface area contributed by atoms with Crippen LogP contribution in [0.4, 0.5) is 10.5 Å². The van der Waals surface area contributed by atoms with E-state index < -0.39 is 16.9 Å². The summed E-state index contributed by atoms with van der Waals surface area (Å²) in [6, 6.07) is 15.2. The molecule has 0 aliphatic carbocycles. The first kappa shape index (κ1) is 20.1. The molecule has 3 amide bonds. The van der Waals surface area contributed by atoms with Gasteiger partial charge in [-0.25, -0.2) is 4.79 Å². The summed E-state index contributed by atoms with van der Waals surface area (Å²) >= 11 is 0. The molecule has 3 aromatic rings. The van der Waals surface area contributed by atoms with Gasteiger partial charge >= 0.3 is 6.03 Å². The maximum absolute atomic E-state index is 12.7. The lowest BCUT2D eigenvalue weighted by Crippen LogP contribution is -2.30. The Morgan fingerprint density at radius 1 is 1.06 bits per heavy atom. The standard InChI is InChI=1S/C23H19N3O5/c1-14-3-6-16(7-4-14)13-25-22(27)19(24-23(25)28)12-18-9-10-21(31-18)17-8-5-15(2)20(11-17)26(29)30/h3-12H,13H2,1-2H3,(H,24,28)/b19-12+. The molecule has 2 heterocycles. The van der Waals surface area contributed by atoms with Crippen molar-refractivity contribution >= 4 is 23.7 Å². The number of imide groups is 1. The molecule has 156 valence electrons. The van der Waals surface area contributed by atoms with E-state index in [2.05, 4.69) is 5.32 Å². The van der Waals surface area contributed by atoms with Gasteiger partial charge in [0.05, 0.1) is 11.5 Å². The number of urea groups is 1. The van der Waals surface area contributed by atoms with Crippen molar-refractivity contribution in [1.29, 1.82) is 0 Å². The third-order valence-electron chi connectivity index (χ3n) is 5.03. The Bertz CT molecular complexity index is 1220. The Balaban J connectivity index is 1.55. The number of nitrogens with zero attached hydrogens (tertiary/aromatic N) is 2. The number of nitrogens with one attached hydrogen (secondary N) is 1. The zero-order chi connectivity index (χ0) is 22.1. The molecule has 1 fully saturated rings. The van der Waals surface area contributed by atoms with Gasteiger partial charge in [0.15, 0.2) is 0 Å². The van der Waals surface area contributed by atoms with Crippen molar-refractivity contribution in [1.82, 2.24) is 10.2 Å². The molecular weight excluding hydrogens is 398 g/mol. The molecule has 4 rings (SSSR count). The minimum absolute atomic E-state index is 0.00112. The van der Waals surface area contributed by atoms with Crippen molar-refractivity contribution in [2.45, 2.75) is 20.4 Å². The quantitative estimate of drug-likeness (QED) is 0.283. The van der Waals surface area contributed by atoms with Crippen LogP contribution in [-0.4, -0.2) is 21.8 Å². The van der Waals surface area contributed by atoms with E-state index in [1.54, 1.807) is 31.2 Å². The first-order chi connectivity index (χ1) is 14.8. The SMILES string of the molecule is Cc1ccc(CN2C(=O)N/C(=C/c3ccc(-c4ccc(C)c([N+](=O)[O-])c4)o3)C2=O)cc1. The lowest BCUT2D eigenvalue weighted by atomic mass is 10.1. The monoisotopic (exact) mass is 417 g/mol. The average molecular weight is 417 g/mol. The van der Waals surface area contributed by atoms with E-state index in [1.807, 2.05) is 31.2 Å². The molecule has 2 aromatic carbocycles. The number of hydrogen-bond acceptors (Lipinski definition) is 5. The summed E-state index contributed by atoms with van der Waals surface area (Å²) in [5.74, 6) is 0.316. The smallest absolute Gasteiger partial charge is 0.329 e. The fraction of sp³-hybridized carbons (Fsp3) is 0.130. The van der Waals surface area contributed by atoms with Crippen molar-refractivity contribution < 1.29 is 18.9 Å². The molecular formula is C23H19N3O5. The summed E-state index contributed by atoms with van der Waals surface area (Å²) in [5.41, 5.74) is 3.14. The Hall–Kier alpha value is -4.20. The molecule has 1 aliphatic rings. The molecule has 31 heavy (non-hydrogen) atoms. The molecule has 8 nitrogen and oxygen atoms in total. The molecule has 0 atom stereocenters. The van der Waals surface area contributed by atoms with Crippen LogP contribution < -0.4 is 5.32 Å². The molecule has 0 bridgehead atoms. The van der Waals surface area contributed by atoms with E-state index in [1.165, 1.54) is 12.1 Å². The number of furan rings is 1. The maximum Gasteiger partial charge on any atom is 0.329 e. The highest BCUT2D eigenvalue weighted by atomic mass is 16.6. The highest BCUT2D eigenvalue weighted by molar-refractivity contribution is 6.13. The number of carbonyl (C=O) groups is 2. The Labute approximate surface area is 177 Å². The first-order valence-corrected chi connectivity index (χ1v) is 9.57. The predicted molar refractivity (Wildman–Crippen MR) is 114 cm³/mol. The van der Waals surface area contributed by atoms with E-state index in [0.29, 0.717) is 22.6 Å².